The van der Waals surface area contributed by atoms with E-state index in [1.54, 1.807) is 0 Å². The fraction of sp³-hybridized carbons (Fsp3) is 0.769. The molecule has 1 aliphatic carbocycles. The Labute approximate surface area is 92.4 Å². The zero-order chi connectivity index (χ0) is 11.5. The molecule has 0 aromatic rings. The first-order valence-electron chi connectivity index (χ1n) is 5.75. The zero-order valence-electron chi connectivity index (χ0n) is 9.99. The number of hydrogen-bond acceptors (Lipinski definition) is 2. The van der Waals surface area contributed by atoms with Crippen molar-refractivity contribution in [3.63, 3.8) is 0 Å². The Morgan fingerprint density at radius 3 is 2.80 bits per heavy atom. The van der Waals surface area contributed by atoms with Gasteiger partial charge >= 0.3 is 0 Å². The minimum absolute atomic E-state index is 0.196. The average molecular weight is 210 g/mol. The Hall–Kier alpha value is -0.630. The van der Waals surface area contributed by atoms with Gasteiger partial charge in [-0.05, 0) is 52.4 Å². The second-order valence-electron chi connectivity index (χ2n) is 5.46. The number of carbonyl (C=O) groups is 1. The van der Waals surface area contributed by atoms with E-state index >= 15 is 0 Å². The summed E-state index contributed by atoms with van der Waals surface area (Å²) in [5.41, 5.74) is 0.731. The summed E-state index contributed by atoms with van der Waals surface area (Å²) < 4.78 is 0. The smallest absolute Gasteiger partial charge is 0.123 e. The molecule has 2 unspecified atom stereocenters. The molecule has 15 heavy (non-hydrogen) atoms. The summed E-state index contributed by atoms with van der Waals surface area (Å²) in [6.45, 7) is 5.76. The summed E-state index contributed by atoms with van der Waals surface area (Å²) in [7, 11) is 0. The van der Waals surface area contributed by atoms with Gasteiger partial charge in [-0.15, -0.1) is 0 Å². The van der Waals surface area contributed by atoms with Crippen LogP contribution < -0.4 is 0 Å². The van der Waals surface area contributed by atoms with E-state index in [-0.39, 0.29) is 5.92 Å². The van der Waals surface area contributed by atoms with Crippen LogP contribution in [0, 0.1) is 11.8 Å². The van der Waals surface area contributed by atoms with Crippen LogP contribution in [0.3, 0.4) is 0 Å². The van der Waals surface area contributed by atoms with E-state index in [0.717, 1.165) is 32.0 Å². The summed E-state index contributed by atoms with van der Waals surface area (Å²) in [6.07, 6.45) is 7.00. The van der Waals surface area contributed by atoms with E-state index in [1.165, 1.54) is 5.57 Å². The summed E-state index contributed by atoms with van der Waals surface area (Å²) in [4.78, 5) is 10.8. The summed E-state index contributed by atoms with van der Waals surface area (Å²) in [5.74, 6) is 0.669. The molecule has 0 fully saturated rings. The third kappa shape index (κ3) is 4.61. The van der Waals surface area contributed by atoms with Gasteiger partial charge in [-0.3, -0.25) is 0 Å². The van der Waals surface area contributed by atoms with Crippen LogP contribution in [0.1, 0.15) is 46.5 Å². The van der Waals surface area contributed by atoms with E-state index in [1.807, 2.05) is 13.8 Å². The molecule has 0 aromatic heterocycles. The Morgan fingerprint density at radius 2 is 2.27 bits per heavy atom. The van der Waals surface area contributed by atoms with Crippen molar-refractivity contribution in [1.29, 1.82) is 0 Å². The number of aldehydes is 1. The van der Waals surface area contributed by atoms with Crippen LogP contribution >= 0.6 is 0 Å². The normalized spacial score (nSPS) is 27.3. The molecule has 2 nitrogen and oxygen atoms in total. The average Bonchev–Trinajstić information content (AvgIpc) is 2.13. The molecule has 0 radical (unpaired) electrons. The maximum atomic E-state index is 10.8. The van der Waals surface area contributed by atoms with Crippen molar-refractivity contribution in [3.05, 3.63) is 11.6 Å². The van der Waals surface area contributed by atoms with E-state index < -0.39 is 5.60 Å². The van der Waals surface area contributed by atoms with Crippen LogP contribution in [0.15, 0.2) is 11.6 Å². The van der Waals surface area contributed by atoms with Gasteiger partial charge in [0, 0.05) is 5.92 Å². The quantitative estimate of drug-likeness (QED) is 0.572. The fourth-order valence-corrected chi connectivity index (χ4v) is 2.27. The minimum atomic E-state index is -0.587. The third-order valence-electron chi connectivity index (χ3n) is 3.03. The van der Waals surface area contributed by atoms with Crippen molar-refractivity contribution in [2.45, 2.75) is 52.1 Å². The van der Waals surface area contributed by atoms with Gasteiger partial charge in [-0.25, -0.2) is 0 Å². The lowest BCUT2D eigenvalue weighted by atomic mass is 9.80. The number of rotatable bonds is 4. The molecule has 0 amide bonds. The zero-order valence-corrected chi connectivity index (χ0v) is 9.99. The van der Waals surface area contributed by atoms with Crippen molar-refractivity contribution in [2.24, 2.45) is 11.8 Å². The lowest BCUT2D eigenvalue weighted by molar-refractivity contribution is -0.111. The lowest BCUT2D eigenvalue weighted by Crippen LogP contribution is -2.22. The highest BCUT2D eigenvalue weighted by atomic mass is 16.3. The largest absolute Gasteiger partial charge is 0.390 e. The molecule has 0 spiro atoms. The Balaban J connectivity index is 2.48. The standard InChI is InChI=1S/C13H22O2/c1-10-6-11(4-5-13(2,3)15)8-12(7-10)9-14/h6,9,11-12,15H,4-5,7-8H2,1-3H3. The van der Waals surface area contributed by atoms with Gasteiger partial charge in [0.1, 0.15) is 6.29 Å². The summed E-state index contributed by atoms with van der Waals surface area (Å²) in [6, 6.07) is 0. The fourth-order valence-electron chi connectivity index (χ4n) is 2.27. The Kier molecular flexibility index (Phi) is 4.09. The second-order valence-corrected chi connectivity index (χ2v) is 5.46. The van der Waals surface area contributed by atoms with Crippen LogP contribution in [0.25, 0.3) is 0 Å². The first kappa shape index (κ1) is 12.4. The van der Waals surface area contributed by atoms with E-state index in [0.29, 0.717) is 5.92 Å². The first-order chi connectivity index (χ1) is 6.90. The predicted molar refractivity (Wildman–Crippen MR) is 61.6 cm³/mol. The number of allylic oxidation sites excluding steroid dienone is 2. The Morgan fingerprint density at radius 1 is 1.60 bits per heavy atom. The molecule has 1 rings (SSSR count). The highest BCUT2D eigenvalue weighted by Gasteiger charge is 2.22. The molecule has 2 heteroatoms. The van der Waals surface area contributed by atoms with Crippen molar-refractivity contribution in [2.75, 3.05) is 0 Å². The molecule has 0 heterocycles. The van der Waals surface area contributed by atoms with Crippen LogP contribution in [0.5, 0.6) is 0 Å². The van der Waals surface area contributed by atoms with E-state index in [9.17, 15) is 9.90 Å². The maximum absolute atomic E-state index is 10.8. The molecule has 2 atom stereocenters. The second kappa shape index (κ2) is 4.93. The molecule has 0 aliphatic heterocycles. The molecule has 0 saturated heterocycles. The molecule has 0 aromatic carbocycles. The molecular weight excluding hydrogens is 188 g/mol. The number of carbonyl (C=O) groups excluding carboxylic acids is 1. The van der Waals surface area contributed by atoms with Gasteiger partial charge in [0.15, 0.2) is 0 Å². The van der Waals surface area contributed by atoms with Crippen LogP contribution in [0.2, 0.25) is 0 Å². The summed E-state index contributed by atoms with van der Waals surface area (Å²) in [5, 5.41) is 9.65. The lowest BCUT2D eigenvalue weighted by Gasteiger charge is -2.26. The third-order valence-corrected chi connectivity index (χ3v) is 3.03. The van der Waals surface area contributed by atoms with Crippen LogP contribution in [-0.2, 0) is 4.79 Å². The molecule has 1 N–H and O–H groups in total. The van der Waals surface area contributed by atoms with E-state index in [2.05, 4.69) is 13.0 Å². The SMILES string of the molecule is CC1=CC(CCC(C)(C)O)CC(C=O)C1. The Bertz CT molecular complexity index is 248. The number of hydrogen-bond donors (Lipinski definition) is 1. The molecule has 0 saturated carbocycles. The molecule has 1 aliphatic rings. The predicted octanol–water partition coefficient (Wildman–Crippen LogP) is 2.71. The van der Waals surface area contributed by atoms with Crippen molar-refractivity contribution in [1.82, 2.24) is 0 Å². The molecular formula is C13H22O2. The van der Waals surface area contributed by atoms with Gasteiger partial charge in [0.05, 0.1) is 5.60 Å². The van der Waals surface area contributed by atoms with Gasteiger partial charge in [-0.1, -0.05) is 11.6 Å². The van der Waals surface area contributed by atoms with Gasteiger partial charge in [0.2, 0.25) is 0 Å². The highest BCUT2D eigenvalue weighted by molar-refractivity contribution is 5.54. The van der Waals surface area contributed by atoms with Crippen LogP contribution in [0.4, 0.5) is 0 Å². The van der Waals surface area contributed by atoms with Crippen molar-refractivity contribution in [3.8, 4) is 0 Å². The highest BCUT2D eigenvalue weighted by Crippen LogP contribution is 2.30. The topological polar surface area (TPSA) is 37.3 Å². The minimum Gasteiger partial charge on any atom is -0.390 e. The van der Waals surface area contributed by atoms with E-state index in [4.69, 9.17) is 0 Å². The summed E-state index contributed by atoms with van der Waals surface area (Å²) >= 11 is 0. The van der Waals surface area contributed by atoms with Gasteiger partial charge in [-0.2, -0.15) is 0 Å². The van der Waals surface area contributed by atoms with Gasteiger partial charge in [0.25, 0.3) is 0 Å². The van der Waals surface area contributed by atoms with Gasteiger partial charge < -0.3 is 9.90 Å². The van der Waals surface area contributed by atoms with Crippen molar-refractivity contribution < 1.29 is 9.90 Å². The maximum Gasteiger partial charge on any atom is 0.123 e. The first-order valence-corrected chi connectivity index (χ1v) is 5.75. The molecule has 0 bridgehead atoms. The monoisotopic (exact) mass is 210 g/mol. The van der Waals surface area contributed by atoms with Crippen molar-refractivity contribution >= 4 is 6.29 Å². The number of aliphatic hydroxyl groups is 1. The molecule has 86 valence electrons. The van der Waals surface area contributed by atoms with Crippen LogP contribution in [-0.4, -0.2) is 17.0 Å².